The van der Waals surface area contributed by atoms with Gasteiger partial charge in [-0.15, -0.1) is 0 Å². The number of halogens is 1. The Hall–Kier alpha value is -3.22. The SMILES string of the molecule is COc1ccc(F)cc1-c1cccc(/C(N)=C(\N)C(N)=O)c1N. The van der Waals surface area contributed by atoms with Crippen LogP contribution in [0.2, 0.25) is 0 Å². The molecule has 1 amide bonds. The van der Waals surface area contributed by atoms with E-state index in [1.54, 1.807) is 18.2 Å². The normalized spacial score (nSPS) is 11.7. The average Bonchev–Trinajstić information content (AvgIpc) is 2.53. The highest BCUT2D eigenvalue weighted by Crippen LogP contribution is 2.37. The minimum absolute atomic E-state index is 0.0350. The number of benzene rings is 2. The highest BCUT2D eigenvalue weighted by atomic mass is 19.1. The van der Waals surface area contributed by atoms with E-state index in [1.165, 1.54) is 25.3 Å². The zero-order chi connectivity index (χ0) is 17.1. The molecule has 0 saturated heterocycles. The lowest BCUT2D eigenvalue weighted by molar-refractivity contribution is -0.114. The van der Waals surface area contributed by atoms with Crippen LogP contribution in [-0.2, 0) is 4.79 Å². The number of nitrogen functional groups attached to an aromatic ring is 1. The third-order valence-corrected chi connectivity index (χ3v) is 3.40. The molecule has 0 aromatic heterocycles. The van der Waals surface area contributed by atoms with Crippen LogP contribution in [-0.4, -0.2) is 13.0 Å². The Kier molecular flexibility index (Phi) is 4.40. The van der Waals surface area contributed by atoms with Gasteiger partial charge in [-0.2, -0.15) is 0 Å². The maximum Gasteiger partial charge on any atom is 0.266 e. The number of carbonyl (C=O) groups excluding carboxylic acids is 1. The van der Waals surface area contributed by atoms with E-state index in [9.17, 15) is 9.18 Å². The molecule has 6 nitrogen and oxygen atoms in total. The predicted octanol–water partition coefficient (Wildman–Crippen LogP) is 1.15. The van der Waals surface area contributed by atoms with Gasteiger partial charge in [0, 0.05) is 22.4 Å². The van der Waals surface area contributed by atoms with Crippen LogP contribution in [0, 0.1) is 5.82 Å². The molecule has 7 heteroatoms. The molecule has 0 spiro atoms. The second-order valence-corrected chi connectivity index (χ2v) is 4.80. The molecule has 2 aromatic rings. The van der Waals surface area contributed by atoms with Crippen LogP contribution in [0.3, 0.4) is 0 Å². The molecular weight excluding hydrogens is 299 g/mol. The zero-order valence-corrected chi connectivity index (χ0v) is 12.5. The van der Waals surface area contributed by atoms with E-state index in [1.807, 2.05) is 0 Å². The smallest absolute Gasteiger partial charge is 0.266 e. The standard InChI is InChI=1S/C16H17FN4O2/c1-23-12-6-5-8(17)7-11(12)9-3-2-4-10(13(9)18)14(19)15(20)16(21)22/h2-7H,18-20H2,1H3,(H2,21,22)/b15-14+. The molecule has 8 N–H and O–H groups in total. The number of primary amides is 1. The molecule has 2 aromatic carbocycles. The molecule has 0 fully saturated rings. The second-order valence-electron chi connectivity index (χ2n) is 4.80. The Morgan fingerprint density at radius 2 is 1.78 bits per heavy atom. The Balaban J connectivity index is 2.69. The highest BCUT2D eigenvalue weighted by molar-refractivity contribution is 6.01. The van der Waals surface area contributed by atoms with Gasteiger partial charge >= 0.3 is 0 Å². The number of ether oxygens (including phenoxy) is 1. The lowest BCUT2D eigenvalue weighted by Crippen LogP contribution is -2.24. The van der Waals surface area contributed by atoms with E-state index in [-0.39, 0.29) is 17.1 Å². The molecule has 0 atom stereocenters. The van der Waals surface area contributed by atoms with Crippen molar-refractivity contribution in [1.82, 2.24) is 0 Å². The summed E-state index contributed by atoms with van der Waals surface area (Å²) in [7, 11) is 1.47. The van der Waals surface area contributed by atoms with E-state index in [0.29, 0.717) is 22.4 Å². The maximum atomic E-state index is 13.6. The summed E-state index contributed by atoms with van der Waals surface area (Å²) < 4.78 is 18.8. The van der Waals surface area contributed by atoms with Crippen LogP contribution in [0.1, 0.15) is 5.56 Å². The van der Waals surface area contributed by atoms with Crippen molar-refractivity contribution >= 4 is 17.3 Å². The van der Waals surface area contributed by atoms with Crippen molar-refractivity contribution in [3.8, 4) is 16.9 Å². The van der Waals surface area contributed by atoms with Crippen molar-refractivity contribution in [2.75, 3.05) is 12.8 Å². The van der Waals surface area contributed by atoms with Gasteiger partial charge in [0.2, 0.25) is 0 Å². The number of amides is 1. The quantitative estimate of drug-likeness (QED) is 0.496. The first kappa shape index (κ1) is 16.2. The zero-order valence-electron chi connectivity index (χ0n) is 12.5. The summed E-state index contributed by atoms with van der Waals surface area (Å²) in [6.45, 7) is 0. The number of carbonyl (C=O) groups is 1. The van der Waals surface area contributed by atoms with Crippen LogP contribution in [0.4, 0.5) is 10.1 Å². The minimum Gasteiger partial charge on any atom is -0.496 e. The Morgan fingerprint density at radius 1 is 1.09 bits per heavy atom. The van der Waals surface area contributed by atoms with Crippen LogP contribution in [0.15, 0.2) is 42.1 Å². The number of para-hydroxylation sites is 1. The predicted molar refractivity (Wildman–Crippen MR) is 87.3 cm³/mol. The van der Waals surface area contributed by atoms with Crippen molar-refractivity contribution in [3.05, 3.63) is 53.5 Å². The number of methoxy groups -OCH3 is 1. The molecule has 0 heterocycles. The Bertz CT molecular complexity index is 803. The Labute approximate surface area is 132 Å². The van der Waals surface area contributed by atoms with Crippen molar-refractivity contribution in [3.63, 3.8) is 0 Å². The van der Waals surface area contributed by atoms with E-state index in [4.69, 9.17) is 27.7 Å². The van der Waals surface area contributed by atoms with Gasteiger partial charge in [0.05, 0.1) is 12.8 Å². The number of anilines is 1. The number of rotatable bonds is 4. The van der Waals surface area contributed by atoms with Crippen LogP contribution >= 0.6 is 0 Å². The molecule has 0 aliphatic rings. The maximum absolute atomic E-state index is 13.6. The molecule has 0 unspecified atom stereocenters. The number of hydrogen-bond donors (Lipinski definition) is 4. The molecule has 2 rings (SSSR count). The van der Waals surface area contributed by atoms with Gasteiger partial charge < -0.3 is 27.7 Å². The third kappa shape index (κ3) is 3.03. The molecule has 0 aliphatic carbocycles. The largest absolute Gasteiger partial charge is 0.496 e. The first-order valence-corrected chi connectivity index (χ1v) is 6.64. The van der Waals surface area contributed by atoms with Crippen molar-refractivity contribution < 1.29 is 13.9 Å². The van der Waals surface area contributed by atoms with Crippen LogP contribution in [0.25, 0.3) is 16.8 Å². The number of nitrogens with two attached hydrogens (primary N) is 4. The summed E-state index contributed by atoms with van der Waals surface area (Å²) in [6, 6.07) is 9.01. The van der Waals surface area contributed by atoms with Crippen molar-refractivity contribution in [2.45, 2.75) is 0 Å². The topological polar surface area (TPSA) is 130 Å². The van der Waals surface area contributed by atoms with Gasteiger partial charge in [-0.05, 0) is 18.2 Å². The van der Waals surface area contributed by atoms with Crippen LogP contribution < -0.4 is 27.7 Å². The first-order chi connectivity index (χ1) is 10.9. The summed E-state index contributed by atoms with van der Waals surface area (Å²) in [5, 5.41) is 0. The van der Waals surface area contributed by atoms with Gasteiger partial charge in [-0.25, -0.2) is 4.39 Å². The van der Waals surface area contributed by atoms with Gasteiger partial charge in [0.25, 0.3) is 5.91 Å². The van der Waals surface area contributed by atoms with Crippen LogP contribution in [0.5, 0.6) is 5.75 Å². The first-order valence-electron chi connectivity index (χ1n) is 6.64. The van der Waals surface area contributed by atoms with Crippen molar-refractivity contribution in [1.29, 1.82) is 0 Å². The molecule has 0 radical (unpaired) electrons. The molecule has 0 saturated carbocycles. The van der Waals surface area contributed by atoms with E-state index < -0.39 is 11.7 Å². The summed E-state index contributed by atoms with van der Waals surface area (Å²) in [4.78, 5) is 11.2. The lowest BCUT2D eigenvalue weighted by atomic mass is 9.97. The lowest BCUT2D eigenvalue weighted by Gasteiger charge is -2.15. The van der Waals surface area contributed by atoms with Gasteiger partial charge in [0.15, 0.2) is 0 Å². The van der Waals surface area contributed by atoms with E-state index in [2.05, 4.69) is 0 Å². The highest BCUT2D eigenvalue weighted by Gasteiger charge is 2.16. The fraction of sp³-hybridized carbons (Fsp3) is 0.0625. The molecule has 120 valence electrons. The molecule has 0 aliphatic heterocycles. The molecule has 23 heavy (non-hydrogen) atoms. The summed E-state index contributed by atoms with van der Waals surface area (Å²) in [5.74, 6) is -0.845. The van der Waals surface area contributed by atoms with E-state index >= 15 is 0 Å². The number of hydrogen-bond acceptors (Lipinski definition) is 5. The van der Waals surface area contributed by atoms with Crippen molar-refractivity contribution in [2.24, 2.45) is 17.2 Å². The average molecular weight is 316 g/mol. The van der Waals surface area contributed by atoms with Gasteiger partial charge in [-0.3, -0.25) is 4.79 Å². The summed E-state index contributed by atoms with van der Waals surface area (Å²) in [6.07, 6.45) is 0. The molecular formula is C16H17FN4O2. The monoisotopic (exact) mass is 316 g/mol. The summed E-state index contributed by atoms with van der Waals surface area (Å²) in [5.41, 5.74) is 23.9. The summed E-state index contributed by atoms with van der Waals surface area (Å²) >= 11 is 0. The van der Waals surface area contributed by atoms with Gasteiger partial charge in [-0.1, -0.05) is 18.2 Å². The van der Waals surface area contributed by atoms with E-state index in [0.717, 1.165) is 0 Å². The molecule has 0 bridgehead atoms. The fourth-order valence-corrected chi connectivity index (χ4v) is 2.20. The third-order valence-electron chi connectivity index (χ3n) is 3.40. The van der Waals surface area contributed by atoms with Gasteiger partial charge in [0.1, 0.15) is 17.3 Å². The second kappa shape index (κ2) is 6.27. The minimum atomic E-state index is -0.851. The Morgan fingerprint density at radius 3 is 2.39 bits per heavy atom. The fourth-order valence-electron chi connectivity index (χ4n) is 2.20.